The smallest absolute Gasteiger partial charge is 0.308 e. The first kappa shape index (κ1) is 17.0. The van der Waals surface area contributed by atoms with Crippen LogP contribution in [-0.4, -0.2) is 22.2 Å². The van der Waals surface area contributed by atoms with Crippen molar-refractivity contribution in [2.75, 3.05) is 0 Å². The topological polar surface area (TPSA) is 83.8 Å². The molecule has 0 spiro atoms. The van der Waals surface area contributed by atoms with E-state index in [9.17, 15) is 14.7 Å². The first-order valence-electron chi connectivity index (χ1n) is 5.93. The first-order chi connectivity index (χ1) is 9.33. The second kappa shape index (κ2) is 7.64. The maximum Gasteiger partial charge on any atom is 0.308 e. The zero-order valence-corrected chi connectivity index (χ0v) is 13.7. The molecule has 0 saturated heterocycles. The van der Waals surface area contributed by atoms with Gasteiger partial charge < -0.3 is 14.9 Å². The summed E-state index contributed by atoms with van der Waals surface area (Å²) in [5.74, 6) is -1.39. The first-order valence-corrected chi connectivity index (χ1v) is 7.51. The van der Waals surface area contributed by atoms with E-state index < -0.39 is 15.4 Å². The van der Waals surface area contributed by atoms with Crippen molar-refractivity contribution in [1.29, 1.82) is 0 Å². The molecule has 1 rings (SSSR count). The van der Waals surface area contributed by atoms with E-state index in [1.54, 1.807) is 18.2 Å². The summed E-state index contributed by atoms with van der Waals surface area (Å²) in [4.78, 5) is 22.0. The van der Waals surface area contributed by atoms with Crippen LogP contribution in [0.5, 0.6) is 5.75 Å². The average molecular weight is 410 g/mol. The van der Waals surface area contributed by atoms with Crippen LogP contribution in [0.2, 0.25) is 0 Å². The van der Waals surface area contributed by atoms with Gasteiger partial charge in [-0.2, -0.15) is 0 Å². The highest BCUT2D eigenvalue weighted by Crippen LogP contribution is 2.43. The minimum atomic E-state index is -1.30. The third kappa shape index (κ3) is 5.50. The second-order valence-electron chi connectivity index (χ2n) is 4.11. The van der Waals surface area contributed by atoms with Crippen LogP contribution in [0.15, 0.2) is 24.3 Å². The Labute approximate surface area is 133 Å². The Morgan fingerprint density at radius 2 is 1.75 bits per heavy atom. The third-order valence-electron chi connectivity index (χ3n) is 2.48. The number of para-hydroxylation sites is 1. The predicted molar refractivity (Wildman–Crippen MR) is 79.8 cm³/mol. The highest BCUT2D eigenvalue weighted by Gasteiger charge is 2.32. The molecule has 0 fully saturated rings. The fourth-order valence-electron chi connectivity index (χ4n) is 1.51. The lowest BCUT2D eigenvalue weighted by Gasteiger charge is -2.22. The number of phenolic OH excluding ortho intramolecular Hbond substituents is 1. The summed E-state index contributed by atoms with van der Waals surface area (Å²) in [5, 5.41) is 18.2. The number of benzene rings is 1. The van der Waals surface area contributed by atoms with Crippen LogP contribution in [0.1, 0.15) is 31.2 Å². The fraction of sp³-hybridized carbons (Fsp3) is 0.385. The lowest BCUT2D eigenvalue weighted by atomic mass is 10.2. The van der Waals surface area contributed by atoms with Gasteiger partial charge in [0.05, 0.1) is 5.56 Å². The van der Waals surface area contributed by atoms with Gasteiger partial charge in [-0.1, -0.05) is 12.1 Å². The Kier molecular flexibility index (Phi) is 6.48. The molecule has 0 aliphatic heterocycles. The molecule has 1 aromatic carbocycles. The molecule has 110 valence electrons. The Bertz CT molecular complexity index is 487. The Morgan fingerprint density at radius 3 is 2.35 bits per heavy atom. The summed E-state index contributed by atoms with van der Waals surface area (Å²) in [6.45, 7) is 0. The lowest BCUT2D eigenvalue weighted by molar-refractivity contribution is -0.147. The van der Waals surface area contributed by atoms with Crippen LogP contribution in [0.25, 0.3) is 0 Å². The summed E-state index contributed by atoms with van der Waals surface area (Å²) >= 11 is 6.39. The molecule has 0 amide bonds. The van der Waals surface area contributed by atoms with Gasteiger partial charge in [-0.05, 0) is 56.8 Å². The number of hydrogen-bond donors (Lipinski definition) is 2. The van der Waals surface area contributed by atoms with Gasteiger partial charge in [0.15, 0.2) is 0 Å². The number of carbonyl (C=O) groups excluding carboxylic acids is 1. The van der Waals surface area contributed by atoms with Crippen molar-refractivity contribution in [3.63, 3.8) is 0 Å². The molecular formula is C13H14Br2O5. The second-order valence-corrected chi connectivity index (χ2v) is 7.41. The van der Waals surface area contributed by atoms with Crippen LogP contribution in [-0.2, 0) is 17.7 Å². The molecule has 0 aliphatic rings. The van der Waals surface area contributed by atoms with Gasteiger partial charge in [-0.25, -0.2) is 0 Å². The molecule has 0 bridgehead atoms. The number of halogens is 2. The number of aromatic hydroxyl groups is 1. The number of carboxylic acids is 1. The molecule has 7 heteroatoms. The number of alkyl halides is 2. The van der Waals surface area contributed by atoms with Crippen molar-refractivity contribution < 1.29 is 24.5 Å². The molecule has 0 aliphatic carbocycles. The minimum Gasteiger partial charge on any atom is -0.507 e. The zero-order valence-electron chi connectivity index (χ0n) is 10.5. The van der Waals surface area contributed by atoms with Crippen LogP contribution < -0.4 is 0 Å². The number of esters is 1. The van der Waals surface area contributed by atoms with Crippen molar-refractivity contribution >= 4 is 43.8 Å². The number of carbonyl (C=O) groups is 2. The average Bonchev–Trinajstić information content (AvgIpc) is 2.34. The van der Waals surface area contributed by atoms with Gasteiger partial charge in [-0.15, -0.1) is 0 Å². The molecule has 20 heavy (non-hydrogen) atoms. The Balaban J connectivity index is 2.52. The highest BCUT2D eigenvalue weighted by atomic mass is 79.9. The summed E-state index contributed by atoms with van der Waals surface area (Å²) < 4.78 is 3.90. The summed E-state index contributed by atoms with van der Waals surface area (Å²) in [5.41, 5.74) is 0.374. The third-order valence-corrected chi connectivity index (χ3v) is 3.66. The zero-order chi connectivity index (χ0) is 15.2. The van der Waals surface area contributed by atoms with Crippen molar-refractivity contribution in [2.24, 2.45) is 0 Å². The van der Waals surface area contributed by atoms with Crippen molar-refractivity contribution in [1.82, 2.24) is 0 Å². The van der Waals surface area contributed by atoms with E-state index >= 15 is 0 Å². The monoisotopic (exact) mass is 408 g/mol. The predicted octanol–water partition coefficient (Wildman–Crippen LogP) is 3.48. The van der Waals surface area contributed by atoms with Crippen LogP contribution in [0.3, 0.4) is 0 Å². The molecule has 5 nitrogen and oxygen atoms in total. The number of unbranched alkanes of at least 4 members (excludes halogenated alkanes) is 1. The molecule has 0 unspecified atom stereocenters. The van der Waals surface area contributed by atoms with Gasteiger partial charge >= 0.3 is 11.9 Å². The largest absolute Gasteiger partial charge is 0.507 e. The van der Waals surface area contributed by atoms with Crippen molar-refractivity contribution in [3.8, 4) is 5.75 Å². The van der Waals surface area contributed by atoms with Crippen LogP contribution >= 0.6 is 31.9 Å². The Morgan fingerprint density at radius 1 is 1.15 bits per heavy atom. The minimum absolute atomic E-state index is 0.0140. The van der Waals surface area contributed by atoms with E-state index in [-0.39, 0.29) is 18.6 Å². The molecule has 0 aromatic heterocycles. The van der Waals surface area contributed by atoms with Crippen LogP contribution in [0.4, 0.5) is 0 Å². The number of phenols is 1. The van der Waals surface area contributed by atoms with Crippen molar-refractivity contribution in [2.45, 2.75) is 29.1 Å². The molecular weight excluding hydrogens is 396 g/mol. The lowest BCUT2D eigenvalue weighted by Crippen LogP contribution is -2.19. The van der Waals surface area contributed by atoms with E-state index in [0.717, 1.165) is 0 Å². The van der Waals surface area contributed by atoms with Gasteiger partial charge in [0.1, 0.15) is 5.75 Å². The fourth-order valence-corrected chi connectivity index (χ4v) is 2.55. The summed E-state index contributed by atoms with van der Waals surface area (Å²) in [6.07, 6.45) is 0.987. The summed E-state index contributed by atoms with van der Waals surface area (Å²) in [7, 11) is 0. The Hall–Kier alpha value is -1.08. The van der Waals surface area contributed by atoms with Crippen molar-refractivity contribution in [3.05, 3.63) is 29.8 Å². The SMILES string of the molecule is O=C(O)CCCCC(=O)OC(Br)(Br)c1ccccc1O. The molecule has 0 atom stereocenters. The molecule has 2 N–H and O–H groups in total. The van der Waals surface area contributed by atoms with E-state index in [0.29, 0.717) is 18.4 Å². The maximum atomic E-state index is 11.7. The van der Waals surface area contributed by atoms with E-state index in [2.05, 4.69) is 31.9 Å². The number of aliphatic carboxylic acids is 1. The number of hydrogen-bond acceptors (Lipinski definition) is 4. The maximum absolute atomic E-state index is 11.7. The number of ether oxygens (including phenoxy) is 1. The molecule has 0 heterocycles. The van der Waals surface area contributed by atoms with Gasteiger partial charge in [0.2, 0.25) is 3.42 Å². The van der Waals surface area contributed by atoms with Crippen LogP contribution in [0, 0.1) is 0 Å². The standard InChI is InChI=1S/C13H14Br2O5/c14-13(15,9-5-1-2-6-10(9)16)20-12(19)8-4-3-7-11(17)18/h1-2,5-6,16H,3-4,7-8H2,(H,17,18). The molecule has 1 aromatic rings. The molecule has 0 radical (unpaired) electrons. The van der Waals surface area contributed by atoms with E-state index in [1.807, 2.05) is 0 Å². The van der Waals surface area contributed by atoms with Gasteiger partial charge in [0, 0.05) is 12.8 Å². The van der Waals surface area contributed by atoms with Gasteiger partial charge in [0.25, 0.3) is 0 Å². The van der Waals surface area contributed by atoms with E-state index in [4.69, 9.17) is 9.84 Å². The number of rotatable bonds is 7. The summed E-state index contributed by atoms with van der Waals surface area (Å²) in [6, 6.07) is 6.44. The molecule has 0 saturated carbocycles. The highest BCUT2D eigenvalue weighted by molar-refractivity contribution is 9.24. The number of carboxylic acid groups (broad SMARTS) is 1. The quantitative estimate of drug-likeness (QED) is 0.409. The normalized spacial score (nSPS) is 11.1. The van der Waals surface area contributed by atoms with Gasteiger partial charge in [-0.3, -0.25) is 9.59 Å². The van der Waals surface area contributed by atoms with E-state index in [1.165, 1.54) is 6.07 Å².